The number of hydrogen-bond donors (Lipinski definition) is 1. The van der Waals surface area contributed by atoms with Gasteiger partial charge in [-0.25, -0.2) is 9.97 Å². The zero-order chi connectivity index (χ0) is 8.67. The fourth-order valence-electron chi connectivity index (χ4n) is 1.38. The first-order valence-electron chi connectivity index (χ1n) is 3.89. The van der Waals surface area contributed by atoms with Crippen molar-refractivity contribution in [3.05, 3.63) is 24.9 Å². The van der Waals surface area contributed by atoms with Crippen LogP contribution in [0.5, 0.6) is 0 Å². The van der Waals surface area contributed by atoms with E-state index in [1.807, 2.05) is 6.20 Å². The lowest BCUT2D eigenvalue weighted by molar-refractivity contribution is -0.380. The number of aromatic nitrogens is 5. The number of fused-ring (bicyclic) bond motifs is 3. The summed E-state index contributed by atoms with van der Waals surface area (Å²) in [5.41, 5.74) is 2.42. The highest BCUT2D eigenvalue weighted by molar-refractivity contribution is 6.00. The monoisotopic (exact) mass is 172 g/mol. The summed E-state index contributed by atoms with van der Waals surface area (Å²) in [5.74, 6) is 0. The van der Waals surface area contributed by atoms with Gasteiger partial charge >= 0.3 is 0 Å². The topological polar surface area (TPSA) is 68.6 Å². The molecule has 5 heteroatoms. The van der Waals surface area contributed by atoms with Gasteiger partial charge in [0.1, 0.15) is 17.1 Å². The molecule has 0 saturated heterocycles. The average molecular weight is 172 g/mol. The second-order valence-electron chi connectivity index (χ2n) is 2.71. The number of H-pyrrole nitrogens is 2. The fraction of sp³-hybridized carbons (Fsp3) is 0. The van der Waals surface area contributed by atoms with Crippen molar-refractivity contribution in [3.8, 4) is 0 Å². The molecule has 0 saturated carbocycles. The molecule has 0 aliphatic carbocycles. The van der Waals surface area contributed by atoms with E-state index in [4.69, 9.17) is 0 Å². The van der Waals surface area contributed by atoms with Crippen molar-refractivity contribution in [1.82, 2.24) is 19.9 Å². The molecule has 13 heavy (non-hydrogen) atoms. The molecule has 0 aliphatic heterocycles. The zero-order valence-electron chi connectivity index (χ0n) is 6.65. The highest BCUT2D eigenvalue weighted by Crippen LogP contribution is 2.16. The summed E-state index contributed by atoms with van der Waals surface area (Å²) in [4.78, 5) is 18.5. The second-order valence-corrected chi connectivity index (χ2v) is 2.71. The first-order chi connectivity index (χ1) is 6.45. The van der Waals surface area contributed by atoms with E-state index in [2.05, 4.69) is 24.9 Å². The molecule has 0 aliphatic rings. The molecule has 5 nitrogen and oxygen atoms in total. The summed E-state index contributed by atoms with van der Waals surface area (Å²) in [6.45, 7) is 0. The quantitative estimate of drug-likeness (QED) is 0.531. The Balaban J connectivity index is 2.64. The Labute approximate surface area is 72.9 Å². The third-order valence-electron chi connectivity index (χ3n) is 1.94. The van der Waals surface area contributed by atoms with Gasteiger partial charge in [-0.1, -0.05) is 0 Å². The van der Waals surface area contributed by atoms with Crippen LogP contribution in [0.15, 0.2) is 24.9 Å². The van der Waals surface area contributed by atoms with Crippen LogP contribution in [-0.2, 0) is 0 Å². The van der Waals surface area contributed by atoms with Crippen LogP contribution in [-0.4, -0.2) is 19.9 Å². The van der Waals surface area contributed by atoms with Gasteiger partial charge in [-0.2, -0.15) is 0 Å². The van der Waals surface area contributed by atoms with Gasteiger partial charge in [0.05, 0.1) is 0 Å². The van der Waals surface area contributed by atoms with E-state index in [1.54, 1.807) is 18.7 Å². The van der Waals surface area contributed by atoms with E-state index < -0.39 is 0 Å². The molecular formula is C8H6N5+. The molecule has 0 spiro atoms. The summed E-state index contributed by atoms with van der Waals surface area (Å²) in [7, 11) is 0. The van der Waals surface area contributed by atoms with Crippen LogP contribution < -0.4 is 4.98 Å². The minimum absolute atomic E-state index is 0.768. The Morgan fingerprint density at radius 1 is 1.08 bits per heavy atom. The largest absolute Gasteiger partial charge is 0.301 e. The maximum Gasteiger partial charge on any atom is 0.286 e. The molecule has 62 valence electrons. The van der Waals surface area contributed by atoms with E-state index in [0.717, 1.165) is 22.2 Å². The first-order valence-corrected chi connectivity index (χ1v) is 3.89. The van der Waals surface area contributed by atoms with E-state index >= 15 is 0 Å². The maximum atomic E-state index is 4.22. The van der Waals surface area contributed by atoms with Crippen LogP contribution in [0.1, 0.15) is 0 Å². The van der Waals surface area contributed by atoms with Crippen molar-refractivity contribution >= 4 is 22.2 Å². The van der Waals surface area contributed by atoms with Gasteiger partial charge in [-0.3, -0.25) is 4.98 Å². The summed E-state index contributed by atoms with van der Waals surface area (Å²) in [6, 6.07) is 0. The Morgan fingerprint density at radius 3 is 3.00 bits per heavy atom. The third kappa shape index (κ3) is 0.807. The van der Waals surface area contributed by atoms with Gasteiger partial charge in [-0.05, 0) is 4.98 Å². The maximum absolute atomic E-state index is 4.22. The number of aromatic amines is 2. The van der Waals surface area contributed by atoms with Crippen LogP contribution in [0.2, 0.25) is 0 Å². The Hall–Kier alpha value is -2.04. The normalized spacial score (nSPS) is 11.1. The summed E-state index contributed by atoms with van der Waals surface area (Å²) in [6.07, 6.45) is 6.80. The van der Waals surface area contributed by atoms with E-state index in [0.29, 0.717) is 0 Å². The molecule has 3 aromatic heterocycles. The predicted octanol–water partition coefficient (Wildman–Crippen LogP) is 0.320. The van der Waals surface area contributed by atoms with Crippen LogP contribution in [0.4, 0.5) is 0 Å². The SMILES string of the molecule is c1cnc2c(n1)[nH]c1nc[nH+]cc12. The van der Waals surface area contributed by atoms with Gasteiger partial charge in [0.15, 0.2) is 5.65 Å². The van der Waals surface area contributed by atoms with E-state index in [1.165, 1.54) is 0 Å². The van der Waals surface area contributed by atoms with Crippen LogP contribution in [0.25, 0.3) is 22.2 Å². The summed E-state index contributed by atoms with van der Waals surface area (Å²) in [5, 5.41) is 0.964. The second kappa shape index (κ2) is 2.22. The van der Waals surface area contributed by atoms with Crippen LogP contribution >= 0.6 is 0 Å². The van der Waals surface area contributed by atoms with Gasteiger partial charge in [0.2, 0.25) is 0 Å². The molecule has 0 radical (unpaired) electrons. The first kappa shape index (κ1) is 6.47. The molecule has 3 aromatic rings. The van der Waals surface area contributed by atoms with Crippen LogP contribution in [0, 0.1) is 0 Å². The lowest BCUT2D eigenvalue weighted by Gasteiger charge is -1.83. The smallest absolute Gasteiger partial charge is 0.286 e. The Bertz CT molecular complexity index is 520. The molecule has 0 fully saturated rings. The Kier molecular flexibility index (Phi) is 1.11. The van der Waals surface area contributed by atoms with E-state index in [9.17, 15) is 0 Å². The molecule has 0 bridgehead atoms. The van der Waals surface area contributed by atoms with Crippen molar-refractivity contribution in [2.75, 3.05) is 0 Å². The molecule has 2 N–H and O–H groups in total. The molecule has 3 heterocycles. The lowest BCUT2D eigenvalue weighted by Crippen LogP contribution is -1.99. The van der Waals surface area contributed by atoms with Gasteiger partial charge in [0.25, 0.3) is 12.0 Å². The number of nitrogens with zero attached hydrogens (tertiary/aromatic N) is 3. The Morgan fingerprint density at radius 2 is 2.00 bits per heavy atom. The number of hydrogen-bond acceptors (Lipinski definition) is 3. The predicted molar refractivity (Wildman–Crippen MR) is 45.7 cm³/mol. The fourth-order valence-corrected chi connectivity index (χ4v) is 1.38. The van der Waals surface area contributed by atoms with Crippen molar-refractivity contribution in [3.63, 3.8) is 0 Å². The third-order valence-corrected chi connectivity index (χ3v) is 1.94. The average Bonchev–Trinajstić information content (AvgIpc) is 2.56. The van der Waals surface area contributed by atoms with Gasteiger partial charge in [-0.15, -0.1) is 0 Å². The van der Waals surface area contributed by atoms with Crippen molar-refractivity contribution in [1.29, 1.82) is 0 Å². The van der Waals surface area contributed by atoms with Crippen molar-refractivity contribution in [2.45, 2.75) is 0 Å². The van der Waals surface area contributed by atoms with Crippen LogP contribution in [0.3, 0.4) is 0 Å². The minimum Gasteiger partial charge on any atom is -0.301 e. The molecule has 0 unspecified atom stereocenters. The minimum atomic E-state index is 0.768. The molecule has 0 atom stereocenters. The highest BCUT2D eigenvalue weighted by Gasteiger charge is 2.09. The summed E-state index contributed by atoms with van der Waals surface area (Å²) < 4.78 is 0. The zero-order valence-corrected chi connectivity index (χ0v) is 6.65. The number of nitrogens with one attached hydrogen (secondary N) is 2. The molecular weight excluding hydrogens is 166 g/mol. The van der Waals surface area contributed by atoms with Gasteiger partial charge < -0.3 is 4.98 Å². The highest BCUT2D eigenvalue weighted by atomic mass is 15.0. The van der Waals surface area contributed by atoms with Crippen molar-refractivity contribution < 1.29 is 4.98 Å². The van der Waals surface area contributed by atoms with Crippen molar-refractivity contribution in [2.24, 2.45) is 0 Å². The summed E-state index contributed by atoms with van der Waals surface area (Å²) >= 11 is 0. The number of rotatable bonds is 0. The molecule has 0 amide bonds. The standard InChI is InChI=1S/C8H5N5/c1-2-11-8-6(10-1)5-3-9-4-12-7(5)13-8/h1-4H,(H,9,11,12,13)/p+1. The van der Waals surface area contributed by atoms with E-state index in [-0.39, 0.29) is 0 Å². The van der Waals surface area contributed by atoms with Gasteiger partial charge in [0, 0.05) is 12.4 Å². The molecule has 3 rings (SSSR count). The molecule has 0 aromatic carbocycles. The lowest BCUT2D eigenvalue weighted by atomic mass is 10.4.